The van der Waals surface area contributed by atoms with Gasteiger partial charge in [0.1, 0.15) is 11.5 Å². The quantitative estimate of drug-likeness (QED) is 0.279. The molecule has 0 amide bonds. The average molecular weight is 560 g/mol. The third kappa shape index (κ3) is 8.12. The molecule has 1 unspecified atom stereocenters. The smallest absolute Gasteiger partial charge is 0.191 e. The Morgan fingerprint density at radius 2 is 2.00 bits per heavy atom. The van der Waals surface area contributed by atoms with Gasteiger partial charge in [-0.05, 0) is 38.0 Å². The Hall–Kier alpha value is -1.59. The van der Waals surface area contributed by atoms with Gasteiger partial charge in [-0.1, -0.05) is 0 Å². The molecule has 1 saturated heterocycles. The molecule has 1 atom stereocenters. The molecule has 172 valence electrons. The van der Waals surface area contributed by atoms with Gasteiger partial charge in [0.05, 0.1) is 24.9 Å². The number of likely N-dealkylation sites (tertiary alicyclic amines) is 1. The molecule has 7 nitrogen and oxygen atoms in total. The number of aliphatic imine (C=N–C) groups is 1. The Morgan fingerprint density at radius 3 is 2.61 bits per heavy atom. The van der Waals surface area contributed by atoms with E-state index in [-0.39, 0.29) is 24.0 Å². The summed E-state index contributed by atoms with van der Waals surface area (Å²) in [7, 11) is 3.37. The molecule has 2 aromatic rings. The fourth-order valence-electron chi connectivity index (χ4n) is 3.63. The highest BCUT2D eigenvalue weighted by Gasteiger charge is 2.23. The molecule has 1 aromatic heterocycles. The standard InChI is InChI=1S/C22H33N5O2S.HI/c1-5-23-22(24-8-6-19-15-30-16(2)25-19)26-18-7-9-27(14-18)13-17-10-20(28-3)12-21(11-17)29-4;/h10-12,15,18H,5-9,13-14H2,1-4H3,(H2,23,24,26);1H. The summed E-state index contributed by atoms with van der Waals surface area (Å²) in [6.07, 6.45) is 1.96. The lowest BCUT2D eigenvalue weighted by Crippen LogP contribution is -2.44. The number of nitrogens with one attached hydrogen (secondary N) is 2. The van der Waals surface area contributed by atoms with Crippen molar-refractivity contribution in [3.05, 3.63) is 39.8 Å². The highest BCUT2D eigenvalue weighted by molar-refractivity contribution is 14.0. The minimum atomic E-state index is 0. The molecule has 0 radical (unpaired) electrons. The summed E-state index contributed by atoms with van der Waals surface area (Å²) in [6.45, 7) is 8.63. The summed E-state index contributed by atoms with van der Waals surface area (Å²) in [6, 6.07) is 6.45. The van der Waals surface area contributed by atoms with E-state index < -0.39 is 0 Å². The summed E-state index contributed by atoms with van der Waals surface area (Å²) in [5.74, 6) is 2.55. The molecule has 0 aliphatic carbocycles. The Morgan fingerprint density at radius 1 is 1.26 bits per heavy atom. The first kappa shape index (κ1) is 25.7. The fraction of sp³-hybridized carbons (Fsp3) is 0.545. The van der Waals surface area contributed by atoms with Gasteiger partial charge < -0.3 is 20.1 Å². The SMILES string of the molecule is CCNC(=NCCc1csc(C)n1)NC1CCN(Cc2cc(OC)cc(OC)c2)C1.I. The Balaban J connectivity index is 0.00000341. The lowest BCUT2D eigenvalue weighted by molar-refractivity contribution is 0.321. The largest absolute Gasteiger partial charge is 0.497 e. The summed E-state index contributed by atoms with van der Waals surface area (Å²) in [5, 5.41) is 10.2. The van der Waals surface area contributed by atoms with Crippen LogP contribution in [0.2, 0.25) is 0 Å². The van der Waals surface area contributed by atoms with E-state index in [0.29, 0.717) is 6.04 Å². The van der Waals surface area contributed by atoms with Crippen molar-refractivity contribution >= 4 is 41.3 Å². The van der Waals surface area contributed by atoms with Gasteiger partial charge in [0.25, 0.3) is 0 Å². The first-order valence-corrected chi connectivity index (χ1v) is 11.4. The van der Waals surface area contributed by atoms with Crippen LogP contribution in [0.4, 0.5) is 0 Å². The first-order valence-electron chi connectivity index (χ1n) is 10.5. The van der Waals surface area contributed by atoms with Gasteiger partial charge in [-0.15, -0.1) is 35.3 Å². The van der Waals surface area contributed by atoms with Crippen LogP contribution in [0.25, 0.3) is 0 Å². The molecule has 2 N–H and O–H groups in total. The zero-order valence-electron chi connectivity index (χ0n) is 18.8. The number of aryl methyl sites for hydroxylation is 1. The lowest BCUT2D eigenvalue weighted by atomic mass is 10.2. The molecule has 3 rings (SSSR count). The molecule has 1 aromatic carbocycles. The van der Waals surface area contributed by atoms with E-state index in [4.69, 9.17) is 14.5 Å². The Labute approximate surface area is 206 Å². The number of hydrogen-bond donors (Lipinski definition) is 2. The number of halogens is 1. The number of methoxy groups -OCH3 is 2. The van der Waals surface area contributed by atoms with E-state index in [1.165, 1.54) is 5.56 Å². The number of benzene rings is 1. The second-order valence-corrected chi connectivity index (χ2v) is 8.52. The van der Waals surface area contributed by atoms with Gasteiger partial charge in [0.2, 0.25) is 0 Å². The zero-order valence-corrected chi connectivity index (χ0v) is 22.0. The Bertz CT molecular complexity index is 823. The van der Waals surface area contributed by atoms with Gasteiger partial charge in [-0.2, -0.15) is 0 Å². The number of nitrogens with zero attached hydrogens (tertiary/aromatic N) is 3. The third-order valence-electron chi connectivity index (χ3n) is 5.08. The number of rotatable bonds is 9. The van der Waals surface area contributed by atoms with Crippen molar-refractivity contribution < 1.29 is 9.47 Å². The number of aromatic nitrogens is 1. The van der Waals surface area contributed by atoms with Crippen molar-refractivity contribution in [2.75, 3.05) is 40.4 Å². The van der Waals surface area contributed by atoms with Gasteiger partial charge in [0, 0.05) is 56.6 Å². The van der Waals surface area contributed by atoms with Crippen LogP contribution in [-0.4, -0.2) is 62.3 Å². The van der Waals surface area contributed by atoms with E-state index in [1.54, 1.807) is 25.6 Å². The summed E-state index contributed by atoms with van der Waals surface area (Å²) < 4.78 is 10.8. The van der Waals surface area contributed by atoms with E-state index in [2.05, 4.69) is 45.0 Å². The minimum absolute atomic E-state index is 0. The van der Waals surface area contributed by atoms with Crippen LogP contribution in [-0.2, 0) is 13.0 Å². The molecule has 0 spiro atoms. The molecule has 0 bridgehead atoms. The van der Waals surface area contributed by atoms with Crippen LogP contribution in [0.5, 0.6) is 11.5 Å². The van der Waals surface area contributed by atoms with Gasteiger partial charge in [0.15, 0.2) is 5.96 Å². The van der Waals surface area contributed by atoms with Crippen LogP contribution >= 0.6 is 35.3 Å². The maximum absolute atomic E-state index is 5.39. The second-order valence-electron chi connectivity index (χ2n) is 7.45. The molecule has 1 aliphatic rings. The van der Waals surface area contributed by atoms with Crippen LogP contribution in [0, 0.1) is 6.92 Å². The van der Waals surface area contributed by atoms with Crippen molar-refractivity contribution in [1.29, 1.82) is 0 Å². The van der Waals surface area contributed by atoms with E-state index in [0.717, 1.165) is 73.7 Å². The molecule has 9 heteroatoms. The minimum Gasteiger partial charge on any atom is -0.497 e. The molecule has 31 heavy (non-hydrogen) atoms. The van der Waals surface area contributed by atoms with Gasteiger partial charge in [-0.25, -0.2) is 4.98 Å². The maximum Gasteiger partial charge on any atom is 0.191 e. The number of hydrogen-bond acceptors (Lipinski definition) is 6. The molecule has 2 heterocycles. The monoisotopic (exact) mass is 559 g/mol. The van der Waals surface area contributed by atoms with Crippen molar-refractivity contribution in [3.63, 3.8) is 0 Å². The number of thiazole rings is 1. The summed E-state index contributed by atoms with van der Waals surface area (Å²) in [5.41, 5.74) is 2.32. The molecule has 0 saturated carbocycles. The molecule has 1 fully saturated rings. The van der Waals surface area contributed by atoms with Crippen LogP contribution < -0.4 is 20.1 Å². The third-order valence-corrected chi connectivity index (χ3v) is 5.90. The average Bonchev–Trinajstić information content (AvgIpc) is 3.36. The number of ether oxygens (including phenoxy) is 2. The van der Waals surface area contributed by atoms with Crippen LogP contribution in [0.15, 0.2) is 28.6 Å². The highest BCUT2D eigenvalue weighted by atomic mass is 127. The van der Waals surface area contributed by atoms with E-state index >= 15 is 0 Å². The van der Waals surface area contributed by atoms with Gasteiger partial charge >= 0.3 is 0 Å². The van der Waals surface area contributed by atoms with Crippen molar-refractivity contribution in [2.24, 2.45) is 4.99 Å². The van der Waals surface area contributed by atoms with Crippen molar-refractivity contribution in [2.45, 2.75) is 39.3 Å². The topological polar surface area (TPSA) is 71.0 Å². The molecular weight excluding hydrogens is 525 g/mol. The lowest BCUT2D eigenvalue weighted by Gasteiger charge is -2.19. The Kier molecular flexibility index (Phi) is 10.8. The maximum atomic E-state index is 5.39. The van der Waals surface area contributed by atoms with Crippen molar-refractivity contribution in [1.82, 2.24) is 20.5 Å². The van der Waals surface area contributed by atoms with Crippen LogP contribution in [0.1, 0.15) is 29.6 Å². The predicted molar refractivity (Wildman–Crippen MR) is 138 cm³/mol. The van der Waals surface area contributed by atoms with Crippen LogP contribution in [0.3, 0.4) is 0 Å². The fourth-order valence-corrected chi connectivity index (χ4v) is 4.28. The van der Waals surface area contributed by atoms with E-state index in [9.17, 15) is 0 Å². The number of guanidine groups is 1. The highest BCUT2D eigenvalue weighted by Crippen LogP contribution is 2.24. The molecule has 1 aliphatic heterocycles. The normalized spacial score (nSPS) is 16.6. The summed E-state index contributed by atoms with van der Waals surface area (Å²) in [4.78, 5) is 11.7. The van der Waals surface area contributed by atoms with E-state index in [1.807, 2.05) is 13.0 Å². The van der Waals surface area contributed by atoms with Gasteiger partial charge in [-0.3, -0.25) is 9.89 Å². The second kappa shape index (κ2) is 13.1. The van der Waals surface area contributed by atoms with Crippen molar-refractivity contribution in [3.8, 4) is 11.5 Å². The first-order chi connectivity index (χ1) is 14.6. The molecular formula is C22H34IN5O2S. The predicted octanol–water partition coefficient (Wildman–Crippen LogP) is 3.46. The zero-order chi connectivity index (χ0) is 21.3. The summed E-state index contributed by atoms with van der Waals surface area (Å²) >= 11 is 1.69.